The van der Waals surface area contributed by atoms with Crippen LogP contribution in [-0.2, 0) is 11.6 Å². The van der Waals surface area contributed by atoms with E-state index in [9.17, 15) is 4.57 Å². The van der Waals surface area contributed by atoms with Gasteiger partial charge in [-0.25, -0.2) is 4.98 Å². The first-order valence-corrected chi connectivity index (χ1v) is 19.3. The molecular weight excluding hydrogens is 617 g/mol. The van der Waals surface area contributed by atoms with Crippen molar-refractivity contribution in [1.82, 2.24) is 29.5 Å². The first kappa shape index (κ1) is 31.4. The maximum atomic E-state index is 13.2. The fourth-order valence-corrected chi connectivity index (χ4v) is 9.73. The van der Waals surface area contributed by atoms with Gasteiger partial charge < -0.3 is 20.1 Å². The van der Waals surface area contributed by atoms with Crippen molar-refractivity contribution < 1.29 is 4.57 Å². The molecule has 0 radical (unpaired) electrons. The molecule has 10 nitrogen and oxygen atoms in total. The van der Waals surface area contributed by atoms with Gasteiger partial charge in [-0.1, -0.05) is 17.7 Å². The summed E-state index contributed by atoms with van der Waals surface area (Å²) in [6.07, 6.45) is 6.67. The first-order valence-electron chi connectivity index (χ1n) is 16.4. The van der Waals surface area contributed by atoms with E-state index in [4.69, 9.17) is 16.7 Å². The van der Waals surface area contributed by atoms with Crippen molar-refractivity contribution in [1.29, 1.82) is 0 Å². The van der Waals surface area contributed by atoms with E-state index in [-0.39, 0.29) is 0 Å². The largest absolute Gasteiger partial charge is 0.356 e. The maximum absolute atomic E-state index is 13.2. The van der Waals surface area contributed by atoms with Crippen LogP contribution < -0.4 is 20.8 Å². The van der Waals surface area contributed by atoms with Gasteiger partial charge in [0.25, 0.3) is 0 Å². The SMILES string of the molecule is Cc1ccc(Nc2nc(Nc3ccc4c(N5CCC(N6CC7CCC(C6)N7C)CC5)n(C)nc4c3)ncc2Cl)c(P(C)(C)=O)c1C. The van der Waals surface area contributed by atoms with Gasteiger partial charge in [-0.3, -0.25) is 14.5 Å². The molecule has 0 spiro atoms. The summed E-state index contributed by atoms with van der Waals surface area (Å²) in [7, 11) is 1.79. The summed E-state index contributed by atoms with van der Waals surface area (Å²) >= 11 is 6.53. The minimum Gasteiger partial charge on any atom is -0.356 e. The van der Waals surface area contributed by atoms with Gasteiger partial charge in [0, 0.05) is 67.7 Å². The molecule has 3 aliphatic rings. The van der Waals surface area contributed by atoms with Crippen molar-refractivity contribution in [2.24, 2.45) is 7.05 Å². The first-order chi connectivity index (χ1) is 22.0. The average molecular weight is 662 g/mol. The van der Waals surface area contributed by atoms with Crippen LogP contribution in [0.15, 0.2) is 36.5 Å². The zero-order valence-electron chi connectivity index (χ0n) is 27.7. The summed E-state index contributed by atoms with van der Waals surface area (Å²) in [5, 5.41) is 13.9. The van der Waals surface area contributed by atoms with E-state index in [1.807, 2.05) is 43.8 Å². The predicted molar refractivity (Wildman–Crippen MR) is 191 cm³/mol. The molecule has 0 amide bonds. The summed E-state index contributed by atoms with van der Waals surface area (Å²) in [4.78, 5) is 17.0. The van der Waals surface area contributed by atoms with E-state index < -0.39 is 7.14 Å². The Bertz CT molecular complexity index is 1820. The standard InChI is InChI=1S/C34H45ClN9OP/c1-21-7-12-29(31(22(21)2)46(5,6)45)38-32-28(35)18-36-34(39-32)37-23-8-11-27-30(17-23)40-42(4)33(27)43-15-13-24(14-16-43)44-19-25-9-10-26(20-44)41(25)3/h7-8,11-12,17-18,24-26H,9-10,13-16,19-20H2,1-6H3,(H2,36,37,38,39). The second kappa shape index (κ2) is 12.1. The summed E-state index contributed by atoms with van der Waals surface area (Å²) in [5.74, 6) is 2.04. The molecule has 12 heteroatoms. The van der Waals surface area contributed by atoms with Gasteiger partial charge >= 0.3 is 0 Å². The van der Waals surface area contributed by atoms with Gasteiger partial charge in [0.05, 0.1) is 17.4 Å². The number of piperazine rings is 1. The molecule has 0 saturated carbocycles. The van der Waals surface area contributed by atoms with Gasteiger partial charge in [0.15, 0.2) is 5.82 Å². The molecule has 3 aliphatic heterocycles. The predicted octanol–water partition coefficient (Wildman–Crippen LogP) is 6.12. The van der Waals surface area contributed by atoms with Crippen LogP contribution in [0.25, 0.3) is 10.9 Å². The number of hydrogen-bond acceptors (Lipinski definition) is 9. The number of likely N-dealkylation sites (tertiary alicyclic amines) is 1. The number of fused-ring (bicyclic) bond motifs is 3. The molecule has 2 atom stereocenters. The highest BCUT2D eigenvalue weighted by atomic mass is 35.5. The summed E-state index contributed by atoms with van der Waals surface area (Å²) in [6.45, 7) is 12.1. The molecule has 3 saturated heterocycles. The normalized spacial score (nSPS) is 21.3. The number of nitrogens with zero attached hydrogens (tertiary/aromatic N) is 7. The Hall–Kier alpha value is -3.17. The second-order valence-electron chi connectivity index (χ2n) is 13.8. The third-order valence-electron chi connectivity index (χ3n) is 10.5. The summed E-state index contributed by atoms with van der Waals surface area (Å²) in [6, 6.07) is 12.3. The van der Waals surface area contributed by atoms with Gasteiger partial charge in [-0.05, 0) is 95.3 Å². The lowest BCUT2D eigenvalue weighted by Crippen LogP contribution is -2.57. The zero-order chi connectivity index (χ0) is 32.3. The van der Waals surface area contributed by atoms with Gasteiger partial charge in [0.1, 0.15) is 18.0 Å². The smallest absolute Gasteiger partial charge is 0.229 e. The number of anilines is 5. The highest BCUT2D eigenvalue weighted by Crippen LogP contribution is 2.41. The number of likely N-dealkylation sites (N-methyl/N-ethyl adjacent to an activating group) is 1. The molecule has 3 fully saturated rings. The van der Waals surface area contributed by atoms with Gasteiger partial charge in [-0.15, -0.1) is 0 Å². The monoisotopic (exact) mass is 661 g/mol. The fourth-order valence-electron chi connectivity index (χ4n) is 7.89. The molecular formula is C34H45ClN9OP. The molecule has 244 valence electrons. The van der Waals surface area contributed by atoms with Crippen LogP contribution in [0.5, 0.6) is 0 Å². The highest BCUT2D eigenvalue weighted by molar-refractivity contribution is 7.70. The van der Waals surface area contributed by atoms with E-state index >= 15 is 0 Å². The fraction of sp³-hybridized carbons (Fsp3) is 0.500. The van der Waals surface area contributed by atoms with Crippen molar-refractivity contribution >= 4 is 63.9 Å². The number of hydrogen-bond donors (Lipinski definition) is 2. The minimum atomic E-state index is -2.57. The van der Waals surface area contributed by atoms with Gasteiger partial charge in [-0.2, -0.15) is 10.1 Å². The van der Waals surface area contributed by atoms with Crippen LogP contribution in [0.3, 0.4) is 0 Å². The molecule has 7 rings (SSSR count). The topological polar surface area (TPSA) is 94.5 Å². The Morgan fingerprint density at radius 2 is 1.65 bits per heavy atom. The number of aryl methyl sites for hydroxylation is 2. The Labute approximate surface area is 276 Å². The third-order valence-corrected chi connectivity index (χ3v) is 12.4. The van der Waals surface area contributed by atoms with Crippen molar-refractivity contribution in [2.45, 2.75) is 57.7 Å². The molecule has 2 aromatic heterocycles. The highest BCUT2D eigenvalue weighted by Gasteiger charge is 2.40. The van der Waals surface area contributed by atoms with Gasteiger partial charge in [0.2, 0.25) is 5.95 Å². The van der Waals surface area contributed by atoms with Crippen LogP contribution in [-0.4, -0.2) is 94.2 Å². The Kier molecular flexibility index (Phi) is 8.29. The summed E-state index contributed by atoms with van der Waals surface area (Å²) in [5.41, 5.74) is 4.61. The summed E-state index contributed by atoms with van der Waals surface area (Å²) < 4.78 is 15.2. The van der Waals surface area contributed by atoms with E-state index in [1.165, 1.54) is 44.6 Å². The van der Waals surface area contributed by atoms with Crippen LogP contribution >= 0.6 is 18.7 Å². The van der Waals surface area contributed by atoms with Crippen molar-refractivity contribution in [3.05, 3.63) is 52.7 Å². The number of rotatable bonds is 7. The number of halogens is 1. The molecule has 2 bridgehead atoms. The number of benzene rings is 2. The second-order valence-corrected chi connectivity index (χ2v) is 17.4. The Morgan fingerprint density at radius 3 is 2.35 bits per heavy atom. The number of nitrogens with one attached hydrogen (secondary N) is 2. The Balaban J connectivity index is 1.06. The zero-order valence-corrected chi connectivity index (χ0v) is 29.4. The van der Waals surface area contributed by atoms with E-state index in [0.29, 0.717) is 22.8 Å². The lowest BCUT2D eigenvalue weighted by molar-refractivity contribution is 0.0495. The molecule has 2 unspecified atom stereocenters. The average Bonchev–Trinajstić information content (AvgIpc) is 3.42. The van der Waals surface area contributed by atoms with E-state index in [1.54, 1.807) is 19.5 Å². The number of aromatic nitrogens is 4. The third kappa shape index (κ3) is 5.89. The number of piperidine rings is 1. The quantitative estimate of drug-likeness (QED) is 0.227. The molecule has 46 heavy (non-hydrogen) atoms. The van der Waals surface area contributed by atoms with Crippen molar-refractivity contribution in [3.63, 3.8) is 0 Å². The lowest BCUT2D eigenvalue weighted by Gasteiger charge is -2.45. The van der Waals surface area contributed by atoms with E-state index in [2.05, 4.69) is 54.5 Å². The van der Waals surface area contributed by atoms with Crippen LogP contribution in [0.1, 0.15) is 36.8 Å². The molecule has 2 N–H and O–H groups in total. The molecule has 0 aliphatic carbocycles. The van der Waals surface area contributed by atoms with Crippen molar-refractivity contribution in [3.8, 4) is 0 Å². The van der Waals surface area contributed by atoms with Crippen LogP contribution in [0.4, 0.5) is 29.0 Å². The molecule has 4 aromatic rings. The lowest BCUT2D eigenvalue weighted by atomic mass is 10.0. The molecule has 2 aromatic carbocycles. The van der Waals surface area contributed by atoms with Crippen molar-refractivity contribution in [2.75, 3.05) is 62.1 Å². The Morgan fingerprint density at radius 1 is 0.935 bits per heavy atom. The maximum Gasteiger partial charge on any atom is 0.229 e. The van der Waals surface area contributed by atoms with E-state index in [0.717, 1.165) is 63.9 Å². The van der Waals surface area contributed by atoms with Crippen LogP contribution in [0.2, 0.25) is 5.02 Å². The molecule has 5 heterocycles. The van der Waals surface area contributed by atoms with Crippen LogP contribution in [0, 0.1) is 13.8 Å². The minimum absolute atomic E-state index is 0.380.